The maximum absolute atomic E-state index is 12.9. The summed E-state index contributed by atoms with van der Waals surface area (Å²) < 4.78 is 22.6. The van der Waals surface area contributed by atoms with Crippen LogP contribution in [0.5, 0.6) is 0 Å². The first kappa shape index (κ1) is 78.9. The van der Waals surface area contributed by atoms with Crippen LogP contribution in [0.4, 0.5) is 0 Å². The van der Waals surface area contributed by atoms with Crippen molar-refractivity contribution in [1.82, 2.24) is 0 Å². The molecule has 0 aliphatic rings. The van der Waals surface area contributed by atoms with E-state index in [9.17, 15) is 19.5 Å². The third kappa shape index (κ3) is 65.3. The van der Waals surface area contributed by atoms with Gasteiger partial charge in [0.2, 0.25) is 0 Å². The second-order valence-corrected chi connectivity index (χ2v) is 21.6. The molecule has 472 valence electrons. The Morgan fingerprint density at radius 2 is 0.647 bits per heavy atom. The number of esters is 2. The Bertz CT molecular complexity index is 2140. The Balaban J connectivity index is 4.40. The molecule has 0 aromatic carbocycles. The van der Waals surface area contributed by atoms with E-state index in [4.69, 9.17) is 18.9 Å². The van der Waals surface area contributed by atoms with Gasteiger partial charge in [-0.05, 0) is 141 Å². The Kier molecular flexibility index (Phi) is 59.3. The highest BCUT2D eigenvalue weighted by Crippen LogP contribution is 2.12. The average Bonchev–Trinajstić information content (AvgIpc) is 3.48. The number of allylic oxidation sites excluding steroid dienone is 34. The minimum atomic E-state index is -1.66. The van der Waals surface area contributed by atoms with Crippen LogP contribution in [0, 0.1) is 0 Å². The molecule has 9 heteroatoms. The lowest BCUT2D eigenvalue weighted by molar-refractivity contribution is -0.870. The molecule has 0 radical (unpaired) electrons. The fourth-order valence-corrected chi connectivity index (χ4v) is 7.67. The highest BCUT2D eigenvalue weighted by molar-refractivity contribution is 5.70. The second-order valence-electron chi connectivity index (χ2n) is 21.6. The molecule has 2 unspecified atom stereocenters. The zero-order chi connectivity index (χ0) is 61.9. The molecule has 0 aromatic heterocycles. The van der Waals surface area contributed by atoms with Gasteiger partial charge < -0.3 is 33.3 Å². The van der Waals surface area contributed by atoms with Crippen molar-refractivity contribution in [3.05, 3.63) is 207 Å². The summed E-state index contributed by atoms with van der Waals surface area (Å²) >= 11 is 0. The third-order valence-electron chi connectivity index (χ3n) is 12.5. The van der Waals surface area contributed by atoms with Crippen molar-refractivity contribution in [2.24, 2.45) is 0 Å². The van der Waals surface area contributed by atoms with Crippen molar-refractivity contribution in [2.75, 3.05) is 47.5 Å². The van der Waals surface area contributed by atoms with Gasteiger partial charge in [-0.25, -0.2) is 0 Å². The van der Waals surface area contributed by atoms with E-state index in [1.54, 1.807) is 0 Å². The van der Waals surface area contributed by atoms with Crippen LogP contribution in [-0.4, -0.2) is 82.3 Å². The van der Waals surface area contributed by atoms with Crippen LogP contribution in [-0.2, 0) is 33.3 Å². The number of unbranched alkanes of at least 4 members (excludes halogenated alkanes) is 7. The third-order valence-corrected chi connectivity index (χ3v) is 12.5. The van der Waals surface area contributed by atoms with Gasteiger partial charge in [0.1, 0.15) is 13.2 Å². The maximum Gasteiger partial charge on any atom is 0.306 e. The molecular formula is C76H115NO8. The number of rotatable bonds is 56. The summed E-state index contributed by atoms with van der Waals surface area (Å²) in [6.45, 7) is 4.39. The Hall–Kier alpha value is -6.13. The van der Waals surface area contributed by atoms with Crippen molar-refractivity contribution in [3.8, 4) is 0 Å². The zero-order valence-electron chi connectivity index (χ0n) is 53.6. The number of carboxylic acid groups (broad SMARTS) is 1. The summed E-state index contributed by atoms with van der Waals surface area (Å²) in [6, 6.07) is 0. The molecule has 2 atom stereocenters. The van der Waals surface area contributed by atoms with Crippen molar-refractivity contribution in [2.45, 2.75) is 206 Å². The fourth-order valence-electron chi connectivity index (χ4n) is 7.67. The number of carboxylic acids is 1. The summed E-state index contributed by atoms with van der Waals surface area (Å²) in [6.07, 6.45) is 97.5. The molecule has 0 spiro atoms. The largest absolute Gasteiger partial charge is 0.545 e. The lowest BCUT2D eigenvalue weighted by Gasteiger charge is -2.26. The lowest BCUT2D eigenvalue weighted by Crippen LogP contribution is -2.44. The molecule has 0 saturated heterocycles. The highest BCUT2D eigenvalue weighted by atomic mass is 16.7. The van der Waals surface area contributed by atoms with Crippen LogP contribution in [0.3, 0.4) is 0 Å². The van der Waals surface area contributed by atoms with E-state index in [2.05, 4.69) is 214 Å². The highest BCUT2D eigenvalue weighted by Gasteiger charge is 2.22. The molecule has 85 heavy (non-hydrogen) atoms. The van der Waals surface area contributed by atoms with E-state index in [0.29, 0.717) is 30.3 Å². The maximum atomic E-state index is 12.9. The topological polar surface area (TPSA) is 111 Å². The van der Waals surface area contributed by atoms with Crippen LogP contribution < -0.4 is 5.11 Å². The number of quaternary nitrogens is 1. The molecular weight excluding hydrogens is 1050 g/mol. The van der Waals surface area contributed by atoms with E-state index in [0.717, 1.165) is 148 Å². The molecule has 0 amide bonds. The van der Waals surface area contributed by atoms with E-state index in [1.807, 2.05) is 27.2 Å². The number of aliphatic carboxylic acids is 1. The number of nitrogens with zero attached hydrogens (tertiary/aromatic N) is 1. The van der Waals surface area contributed by atoms with Crippen LogP contribution >= 0.6 is 0 Å². The van der Waals surface area contributed by atoms with E-state index < -0.39 is 30.3 Å². The van der Waals surface area contributed by atoms with Gasteiger partial charge in [-0.15, -0.1) is 0 Å². The monoisotopic (exact) mass is 1170 g/mol. The van der Waals surface area contributed by atoms with Gasteiger partial charge in [0.05, 0.1) is 40.3 Å². The predicted molar refractivity (Wildman–Crippen MR) is 360 cm³/mol. The van der Waals surface area contributed by atoms with Gasteiger partial charge >= 0.3 is 11.9 Å². The van der Waals surface area contributed by atoms with Gasteiger partial charge in [0, 0.05) is 12.8 Å². The Morgan fingerprint density at radius 1 is 0.353 bits per heavy atom. The number of carbonyl (C=O) groups excluding carboxylic acids is 3. The minimum absolute atomic E-state index is 0.121. The Labute approximate surface area is 518 Å². The normalized spacial score (nSPS) is 14.1. The first-order valence-corrected chi connectivity index (χ1v) is 32.2. The van der Waals surface area contributed by atoms with Gasteiger partial charge in [-0.1, -0.05) is 246 Å². The van der Waals surface area contributed by atoms with Crippen LogP contribution in [0.25, 0.3) is 0 Å². The van der Waals surface area contributed by atoms with Crippen LogP contribution in [0.2, 0.25) is 0 Å². The first-order chi connectivity index (χ1) is 41.6. The lowest BCUT2D eigenvalue weighted by atomic mass is 10.1. The minimum Gasteiger partial charge on any atom is -0.545 e. The van der Waals surface area contributed by atoms with Gasteiger partial charge in [-0.3, -0.25) is 9.59 Å². The second kappa shape index (κ2) is 63.9. The molecule has 0 aliphatic heterocycles. The first-order valence-electron chi connectivity index (χ1n) is 32.2. The van der Waals surface area contributed by atoms with Gasteiger partial charge in [-0.2, -0.15) is 0 Å². The van der Waals surface area contributed by atoms with Crippen LogP contribution in [0.1, 0.15) is 194 Å². The molecule has 0 aromatic rings. The number of carbonyl (C=O) groups is 3. The molecule has 0 aliphatic carbocycles. The predicted octanol–water partition coefficient (Wildman–Crippen LogP) is 18.7. The summed E-state index contributed by atoms with van der Waals surface area (Å²) in [4.78, 5) is 37.4. The number of ether oxygens (including phenoxy) is 4. The SMILES string of the molecule is CC/C=C\C/C=C\C/C=C\C/C=C\C/C=C\C/C=C\C/C=C\C/C=C\C/C=C\CCCC(=O)OC(COC(=O)CCCCCCCC/C=C\C/C=C\C/C=C\C/C=C\C/C=C\C/C=C\C/C=C\C/C=C\CC)COC(OCC[N+](C)(C)C)C(=O)[O-]. The standard InChI is InChI=1S/C76H115NO8/c1-6-8-10-12-14-16-18-20-22-24-26-28-30-32-34-36-37-39-40-42-44-46-48-50-52-54-56-58-60-62-64-66-73(78)83-70-72(71-84-76(75(80)81)82-69-68-77(3,4)5)85-74(79)67-65-63-61-59-57-55-53-51-49-47-45-43-41-38-35-33-31-29-27-25-23-21-19-17-15-13-11-9-7-2/h8-11,14-17,20-23,26-29,32-35,37,39,41-44,47-50,53,55,59,61,72,76H,6-7,12-13,18-19,24-25,30-31,36,38,40,45-46,51-52,54,56-58,60,62-71H2,1-5H3/b10-8-,11-9-,16-14-,17-15-,22-20-,23-21-,28-26-,29-27-,34-32-,35-33-,39-37-,43-41-,44-42-,49-47-,50-48-,55-53-,61-59-. The average molecular weight is 1170 g/mol. The number of hydrogen-bond acceptors (Lipinski definition) is 8. The number of likely N-dealkylation sites (N-methyl/N-ethyl adjacent to an activating group) is 1. The van der Waals surface area contributed by atoms with Crippen molar-refractivity contribution in [3.63, 3.8) is 0 Å². The molecule has 0 bridgehead atoms. The Morgan fingerprint density at radius 3 is 0.976 bits per heavy atom. The van der Waals surface area contributed by atoms with Crippen molar-refractivity contribution in [1.29, 1.82) is 0 Å². The number of hydrogen-bond donors (Lipinski definition) is 0. The van der Waals surface area contributed by atoms with Crippen LogP contribution in [0.15, 0.2) is 207 Å². The smallest absolute Gasteiger partial charge is 0.306 e. The van der Waals surface area contributed by atoms with Crippen molar-refractivity contribution < 1.29 is 42.9 Å². The fraction of sp³-hybridized carbons (Fsp3) is 0.513. The molecule has 0 saturated carbocycles. The molecule has 0 rings (SSSR count). The summed E-state index contributed by atoms with van der Waals surface area (Å²) in [7, 11) is 5.88. The molecule has 0 N–H and O–H groups in total. The molecule has 9 nitrogen and oxygen atoms in total. The summed E-state index contributed by atoms with van der Waals surface area (Å²) in [5.74, 6) is -2.42. The summed E-state index contributed by atoms with van der Waals surface area (Å²) in [5.41, 5.74) is 0. The zero-order valence-corrected chi connectivity index (χ0v) is 53.6. The van der Waals surface area contributed by atoms with E-state index in [1.165, 1.54) is 0 Å². The van der Waals surface area contributed by atoms with E-state index >= 15 is 0 Å². The van der Waals surface area contributed by atoms with Gasteiger partial charge in [0.25, 0.3) is 0 Å². The molecule has 0 heterocycles. The molecule has 0 fully saturated rings. The van der Waals surface area contributed by atoms with Gasteiger partial charge in [0.15, 0.2) is 12.4 Å². The quantitative estimate of drug-likeness (QED) is 0.0195. The van der Waals surface area contributed by atoms with Crippen molar-refractivity contribution >= 4 is 17.9 Å². The van der Waals surface area contributed by atoms with E-state index in [-0.39, 0.29) is 32.7 Å². The summed E-state index contributed by atoms with van der Waals surface area (Å²) in [5, 5.41) is 11.8.